The maximum atomic E-state index is 12.4. The van der Waals surface area contributed by atoms with E-state index in [1.54, 1.807) is 60.1 Å². The van der Waals surface area contributed by atoms with Gasteiger partial charge >= 0.3 is 0 Å². The van der Waals surface area contributed by atoms with Gasteiger partial charge in [-0.2, -0.15) is 4.68 Å². The summed E-state index contributed by atoms with van der Waals surface area (Å²) in [5, 5.41) is 15.6. The predicted octanol–water partition coefficient (Wildman–Crippen LogP) is 4.09. The molecule has 1 unspecified atom stereocenters. The molecule has 1 N–H and O–H groups in total. The number of anilines is 1. The van der Waals surface area contributed by atoms with Crippen LogP contribution in [0.15, 0.2) is 53.7 Å². The molecule has 3 rings (SSSR count). The minimum absolute atomic E-state index is 0.191. The van der Waals surface area contributed by atoms with E-state index in [4.69, 9.17) is 23.2 Å². The van der Waals surface area contributed by atoms with Crippen LogP contribution in [0, 0.1) is 0 Å². The van der Waals surface area contributed by atoms with E-state index in [-0.39, 0.29) is 5.91 Å². The molecule has 6 nitrogen and oxygen atoms in total. The average Bonchev–Trinajstić information content (AvgIpc) is 3.05. The van der Waals surface area contributed by atoms with E-state index in [1.165, 1.54) is 11.8 Å². The summed E-state index contributed by atoms with van der Waals surface area (Å²) in [6.07, 6.45) is 0. The van der Waals surface area contributed by atoms with Crippen molar-refractivity contribution in [3.63, 3.8) is 0 Å². The lowest BCUT2D eigenvalue weighted by molar-refractivity contribution is -0.115. The first kappa shape index (κ1) is 17.7. The number of halogens is 2. The third-order valence-corrected chi connectivity index (χ3v) is 4.91. The topological polar surface area (TPSA) is 72.7 Å². The first-order chi connectivity index (χ1) is 12.0. The number of benzene rings is 2. The van der Waals surface area contributed by atoms with Crippen LogP contribution in [0.3, 0.4) is 0 Å². The fourth-order valence-corrected chi connectivity index (χ4v) is 3.12. The van der Waals surface area contributed by atoms with Crippen molar-refractivity contribution in [3.8, 4) is 5.69 Å². The van der Waals surface area contributed by atoms with Gasteiger partial charge in [-0.25, -0.2) is 0 Å². The summed E-state index contributed by atoms with van der Waals surface area (Å²) in [7, 11) is 0. The summed E-state index contributed by atoms with van der Waals surface area (Å²) >= 11 is 13.2. The molecule has 0 aliphatic carbocycles. The summed E-state index contributed by atoms with van der Waals surface area (Å²) in [6, 6.07) is 14.2. The van der Waals surface area contributed by atoms with E-state index < -0.39 is 5.25 Å². The highest BCUT2D eigenvalue weighted by atomic mass is 35.5. The minimum atomic E-state index is -0.423. The Labute approximate surface area is 158 Å². The van der Waals surface area contributed by atoms with Gasteiger partial charge in [0.15, 0.2) is 0 Å². The van der Waals surface area contributed by atoms with Crippen molar-refractivity contribution >= 4 is 46.6 Å². The zero-order valence-electron chi connectivity index (χ0n) is 13.1. The molecule has 0 spiro atoms. The van der Waals surface area contributed by atoms with E-state index in [0.717, 1.165) is 5.69 Å². The number of aromatic nitrogens is 4. The zero-order chi connectivity index (χ0) is 17.8. The van der Waals surface area contributed by atoms with Gasteiger partial charge in [0.25, 0.3) is 0 Å². The molecule has 1 atom stereocenters. The molecule has 1 amide bonds. The van der Waals surface area contributed by atoms with Crippen LogP contribution >= 0.6 is 35.0 Å². The summed E-state index contributed by atoms with van der Waals surface area (Å²) in [4.78, 5) is 12.4. The molecule has 1 heterocycles. The third-order valence-electron chi connectivity index (χ3n) is 3.30. The molecule has 3 aromatic rings. The standard InChI is InChI=1S/C16H13Cl2N5OS/c1-10(15(24)19-14-5-3-2-4-13(14)18)25-16-20-21-22-23(16)12-8-6-11(17)7-9-12/h2-10H,1H3,(H,19,24). The highest BCUT2D eigenvalue weighted by Gasteiger charge is 2.20. The molecule has 0 bridgehead atoms. The van der Waals surface area contributed by atoms with Gasteiger partial charge in [-0.1, -0.05) is 47.1 Å². The molecule has 0 saturated carbocycles. The Morgan fingerprint density at radius 2 is 1.88 bits per heavy atom. The van der Waals surface area contributed by atoms with Crippen LogP contribution in [0.2, 0.25) is 10.0 Å². The van der Waals surface area contributed by atoms with Crippen LogP contribution in [0.1, 0.15) is 6.92 Å². The van der Waals surface area contributed by atoms with Crippen molar-refractivity contribution in [2.75, 3.05) is 5.32 Å². The number of rotatable bonds is 5. The Hall–Kier alpha value is -2.09. The van der Waals surface area contributed by atoms with Crippen molar-refractivity contribution in [1.82, 2.24) is 20.2 Å². The Morgan fingerprint density at radius 3 is 2.60 bits per heavy atom. The second-order valence-electron chi connectivity index (χ2n) is 5.08. The van der Waals surface area contributed by atoms with Gasteiger partial charge in [-0.15, -0.1) is 5.10 Å². The monoisotopic (exact) mass is 393 g/mol. The number of tetrazole rings is 1. The lowest BCUT2D eigenvalue weighted by Gasteiger charge is -2.12. The molecule has 9 heteroatoms. The molecule has 0 aliphatic heterocycles. The minimum Gasteiger partial charge on any atom is -0.324 e. The van der Waals surface area contributed by atoms with Gasteiger partial charge < -0.3 is 5.32 Å². The molecule has 0 saturated heterocycles. The number of para-hydroxylation sites is 1. The van der Waals surface area contributed by atoms with E-state index in [2.05, 4.69) is 20.8 Å². The third kappa shape index (κ3) is 4.31. The molecule has 25 heavy (non-hydrogen) atoms. The van der Waals surface area contributed by atoms with Crippen LogP contribution < -0.4 is 5.32 Å². The summed E-state index contributed by atoms with van der Waals surface area (Å²) < 4.78 is 1.56. The maximum absolute atomic E-state index is 12.4. The van der Waals surface area contributed by atoms with Crippen LogP contribution in [0.25, 0.3) is 5.69 Å². The number of carbonyl (C=O) groups is 1. The van der Waals surface area contributed by atoms with Crippen molar-refractivity contribution in [1.29, 1.82) is 0 Å². The number of thioether (sulfide) groups is 1. The normalized spacial score (nSPS) is 12.0. The van der Waals surface area contributed by atoms with Crippen LogP contribution in [0.4, 0.5) is 5.69 Å². The summed E-state index contributed by atoms with van der Waals surface area (Å²) in [6.45, 7) is 1.78. The molecule has 1 aromatic heterocycles. The molecule has 0 radical (unpaired) electrons. The second kappa shape index (κ2) is 7.86. The van der Waals surface area contributed by atoms with E-state index >= 15 is 0 Å². The Balaban J connectivity index is 1.72. The Kier molecular flexibility index (Phi) is 5.57. The molecule has 0 aliphatic rings. The van der Waals surface area contributed by atoms with Crippen LogP contribution in [0.5, 0.6) is 0 Å². The van der Waals surface area contributed by atoms with E-state index in [9.17, 15) is 4.79 Å². The van der Waals surface area contributed by atoms with Gasteiger partial charge in [0.1, 0.15) is 0 Å². The molecular weight excluding hydrogens is 381 g/mol. The first-order valence-corrected chi connectivity index (χ1v) is 8.94. The van der Waals surface area contributed by atoms with Gasteiger partial charge in [-0.3, -0.25) is 4.79 Å². The molecular formula is C16H13Cl2N5OS. The smallest absolute Gasteiger partial charge is 0.237 e. The SMILES string of the molecule is CC(Sc1nnnn1-c1ccc(Cl)cc1)C(=O)Nc1ccccc1Cl. The predicted molar refractivity (Wildman–Crippen MR) is 99.6 cm³/mol. The highest BCUT2D eigenvalue weighted by Crippen LogP contribution is 2.26. The van der Waals surface area contributed by atoms with Crippen molar-refractivity contribution in [3.05, 3.63) is 58.6 Å². The summed E-state index contributed by atoms with van der Waals surface area (Å²) in [5.74, 6) is -0.191. The molecule has 128 valence electrons. The van der Waals surface area contributed by atoms with Gasteiger partial charge in [-0.05, 0) is 53.7 Å². The van der Waals surface area contributed by atoms with Crippen molar-refractivity contribution < 1.29 is 4.79 Å². The van der Waals surface area contributed by atoms with Crippen molar-refractivity contribution in [2.45, 2.75) is 17.3 Å². The van der Waals surface area contributed by atoms with E-state index in [0.29, 0.717) is 20.9 Å². The quantitative estimate of drug-likeness (QED) is 0.660. The highest BCUT2D eigenvalue weighted by molar-refractivity contribution is 8.00. The number of hydrogen-bond acceptors (Lipinski definition) is 5. The average molecular weight is 394 g/mol. The largest absolute Gasteiger partial charge is 0.324 e. The number of carbonyl (C=O) groups excluding carboxylic acids is 1. The van der Waals surface area contributed by atoms with Crippen molar-refractivity contribution in [2.24, 2.45) is 0 Å². The van der Waals surface area contributed by atoms with Gasteiger partial charge in [0.2, 0.25) is 11.1 Å². The summed E-state index contributed by atoms with van der Waals surface area (Å²) in [5.41, 5.74) is 1.33. The van der Waals surface area contributed by atoms with Gasteiger partial charge in [0.05, 0.1) is 21.6 Å². The first-order valence-electron chi connectivity index (χ1n) is 7.31. The van der Waals surface area contributed by atoms with Crippen LogP contribution in [-0.4, -0.2) is 31.4 Å². The molecule has 0 fully saturated rings. The van der Waals surface area contributed by atoms with Gasteiger partial charge in [0, 0.05) is 5.02 Å². The number of nitrogens with one attached hydrogen (secondary N) is 1. The lowest BCUT2D eigenvalue weighted by Crippen LogP contribution is -2.23. The van der Waals surface area contributed by atoms with Crippen LogP contribution in [-0.2, 0) is 4.79 Å². The fourth-order valence-electron chi connectivity index (χ4n) is 2.01. The fraction of sp³-hybridized carbons (Fsp3) is 0.125. The number of nitrogens with zero attached hydrogens (tertiary/aromatic N) is 4. The Bertz CT molecular complexity index is 884. The maximum Gasteiger partial charge on any atom is 0.237 e. The second-order valence-corrected chi connectivity index (χ2v) is 7.23. The number of amides is 1. The lowest BCUT2D eigenvalue weighted by atomic mass is 10.3. The molecule has 2 aromatic carbocycles. The number of hydrogen-bond donors (Lipinski definition) is 1. The Morgan fingerprint density at radius 1 is 1.16 bits per heavy atom. The zero-order valence-corrected chi connectivity index (χ0v) is 15.4. The van der Waals surface area contributed by atoms with E-state index in [1.807, 2.05) is 0 Å².